The lowest BCUT2D eigenvalue weighted by molar-refractivity contribution is 0.0900. The Balaban J connectivity index is 2.32. The number of hydrogen-bond acceptors (Lipinski definition) is 2. The molecule has 1 atom stereocenters. The van der Waals surface area contributed by atoms with Crippen LogP contribution in [0.1, 0.15) is 27.9 Å². The fourth-order valence-electron chi connectivity index (χ4n) is 1.93. The Bertz CT molecular complexity index is 420. The van der Waals surface area contributed by atoms with Crippen LogP contribution in [0.5, 0.6) is 0 Å². The molecule has 0 bridgehead atoms. The second kappa shape index (κ2) is 4.56. The summed E-state index contributed by atoms with van der Waals surface area (Å²) in [6, 6.07) is 3.75. The topological polar surface area (TPSA) is 26.3 Å². The first-order valence-electron chi connectivity index (χ1n) is 5.48. The second-order valence-electron chi connectivity index (χ2n) is 4.34. The van der Waals surface area contributed by atoms with Gasteiger partial charge in [0.05, 0.1) is 11.6 Å². The lowest BCUT2D eigenvalue weighted by atomic mass is 9.94. The summed E-state index contributed by atoms with van der Waals surface area (Å²) in [5.74, 6) is 0.102. The lowest BCUT2D eigenvalue weighted by Gasteiger charge is -2.10. The summed E-state index contributed by atoms with van der Waals surface area (Å²) < 4.78 is 5.23. The number of halogens is 1. The first-order chi connectivity index (χ1) is 7.59. The molecule has 1 saturated heterocycles. The highest BCUT2D eigenvalue weighted by Gasteiger charge is 2.26. The van der Waals surface area contributed by atoms with Gasteiger partial charge in [-0.15, -0.1) is 0 Å². The van der Waals surface area contributed by atoms with E-state index in [1.54, 1.807) is 0 Å². The molecule has 2 nitrogen and oxygen atoms in total. The van der Waals surface area contributed by atoms with Gasteiger partial charge in [0.25, 0.3) is 0 Å². The van der Waals surface area contributed by atoms with Crippen molar-refractivity contribution < 1.29 is 9.53 Å². The van der Waals surface area contributed by atoms with Gasteiger partial charge in [0.15, 0.2) is 5.78 Å². The summed E-state index contributed by atoms with van der Waals surface area (Å²) in [7, 11) is 0. The van der Waals surface area contributed by atoms with E-state index in [-0.39, 0.29) is 11.7 Å². The number of carbonyl (C=O) groups excluding carboxylic acids is 1. The van der Waals surface area contributed by atoms with Crippen LogP contribution >= 0.6 is 11.6 Å². The van der Waals surface area contributed by atoms with E-state index in [4.69, 9.17) is 16.3 Å². The fraction of sp³-hybridized carbons (Fsp3) is 0.462. The molecule has 0 amide bonds. The van der Waals surface area contributed by atoms with Crippen LogP contribution in [-0.2, 0) is 4.74 Å². The van der Waals surface area contributed by atoms with E-state index in [2.05, 4.69) is 0 Å². The van der Waals surface area contributed by atoms with Crippen molar-refractivity contribution in [1.29, 1.82) is 0 Å². The maximum atomic E-state index is 12.2. The van der Waals surface area contributed by atoms with Crippen LogP contribution in [0.3, 0.4) is 0 Å². The molecule has 1 aliphatic rings. The van der Waals surface area contributed by atoms with Crippen molar-refractivity contribution in [2.75, 3.05) is 13.2 Å². The van der Waals surface area contributed by atoms with Gasteiger partial charge in [0.1, 0.15) is 0 Å². The molecular formula is C13H15ClO2. The maximum absolute atomic E-state index is 12.2. The largest absolute Gasteiger partial charge is 0.381 e. The molecule has 0 saturated carbocycles. The zero-order valence-electron chi connectivity index (χ0n) is 9.55. The van der Waals surface area contributed by atoms with E-state index >= 15 is 0 Å². The van der Waals surface area contributed by atoms with Crippen LogP contribution in [0.15, 0.2) is 12.1 Å². The second-order valence-corrected chi connectivity index (χ2v) is 4.75. The lowest BCUT2D eigenvalue weighted by Crippen LogP contribution is -2.15. The van der Waals surface area contributed by atoms with Gasteiger partial charge in [-0.2, -0.15) is 0 Å². The molecule has 2 rings (SSSR count). The summed E-state index contributed by atoms with van der Waals surface area (Å²) in [5, 5.41) is 0.556. The van der Waals surface area contributed by atoms with Gasteiger partial charge >= 0.3 is 0 Å². The first-order valence-corrected chi connectivity index (χ1v) is 5.86. The summed E-state index contributed by atoms with van der Waals surface area (Å²) in [6.07, 6.45) is 0.808. The molecule has 0 N–H and O–H groups in total. The van der Waals surface area contributed by atoms with Gasteiger partial charge in [-0.3, -0.25) is 4.79 Å². The average Bonchev–Trinajstić information content (AvgIpc) is 2.75. The predicted molar refractivity (Wildman–Crippen MR) is 64.2 cm³/mol. The molecule has 0 radical (unpaired) electrons. The summed E-state index contributed by atoms with van der Waals surface area (Å²) >= 11 is 6.11. The van der Waals surface area contributed by atoms with Crippen LogP contribution in [0, 0.1) is 19.8 Å². The number of benzene rings is 1. The number of ketones is 1. The highest BCUT2D eigenvalue weighted by Crippen LogP contribution is 2.26. The van der Waals surface area contributed by atoms with Crippen molar-refractivity contribution >= 4 is 17.4 Å². The Kier molecular flexibility index (Phi) is 3.31. The van der Waals surface area contributed by atoms with Crippen molar-refractivity contribution in [1.82, 2.24) is 0 Å². The quantitative estimate of drug-likeness (QED) is 0.740. The first kappa shape index (κ1) is 11.6. The number of rotatable bonds is 2. The van der Waals surface area contributed by atoms with Gasteiger partial charge in [-0.25, -0.2) is 0 Å². The van der Waals surface area contributed by atoms with Gasteiger partial charge in [0, 0.05) is 18.1 Å². The van der Waals surface area contributed by atoms with E-state index in [0.29, 0.717) is 23.8 Å². The van der Waals surface area contributed by atoms with E-state index in [0.717, 1.165) is 17.5 Å². The van der Waals surface area contributed by atoms with Gasteiger partial charge in [-0.05, 0) is 43.5 Å². The highest BCUT2D eigenvalue weighted by atomic mass is 35.5. The molecule has 0 spiro atoms. The van der Waals surface area contributed by atoms with Crippen molar-refractivity contribution in [3.05, 3.63) is 33.8 Å². The summed E-state index contributed by atoms with van der Waals surface area (Å²) in [6.45, 7) is 5.20. The van der Waals surface area contributed by atoms with Crippen molar-refractivity contribution in [3.8, 4) is 0 Å². The van der Waals surface area contributed by atoms with E-state index in [9.17, 15) is 4.79 Å². The molecule has 16 heavy (non-hydrogen) atoms. The number of aryl methyl sites for hydroxylation is 2. The van der Waals surface area contributed by atoms with E-state index in [1.807, 2.05) is 26.0 Å². The van der Waals surface area contributed by atoms with Gasteiger partial charge < -0.3 is 4.74 Å². The van der Waals surface area contributed by atoms with Crippen LogP contribution in [-0.4, -0.2) is 19.0 Å². The minimum Gasteiger partial charge on any atom is -0.381 e. The van der Waals surface area contributed by atoms with E-state index in [1.165, 1.54) is 0 Å². The molecule has 1 aromatic rings. The molecule has 0 aliphatic carbocycles. The van der Waals surface area contributed by atoms with Crippen LogP contribution in [0.4, 0.5) is 0 Å². The Morgan fingerprint density at radius 1 is 1.38 bits per heavy atom. The summed E-state index contributed by atoms with van der Waals surface area (Å²) in [4.78, 5) is 12.2. The third-order valence-corrected chi connectivity index (χ3v) is 3.46. The Hall–Kier alpha value is -0.860. The van der Waals surface area contributed by atoms with Crippen molar-refractivity contribution in [2.45, 2.75) is 20.3 Å². The minimum absolute atomic E-state index is 0.0143. The van der Waals surface area contributed by atoms with Crippen molar-refractivity contribution in [2.24, 2.45) is 5.92 Å². The minimum atomic E-state index is -0.0143. The predicted octanol–water partition coefficient (Wildman–Crippen LogP) is 3.18. The third-order valence-electron chi connectivity index (χ3n) is 3.15. The summed E-state index contributed by atoms with van der Waals surface area (Å²) in [5.41, 5.74) is 2.86. The van der Waals surface area contributed by atoms with Gasteiger partial charge in [-0.1, -0.05) is 11.6 Å². The Morgan fingerprint density at radius 2 is 2.06 bits per heavy atom. The average molecular weight is 239 g/mol. The van der Waals surface area contributed by atoms with Gasteiger partial charge in [0.2, 0.25) is 0 Å². The fourth-order valence-corrected chi connectivity index (χ4v) is 2.24. The number of Topliss-reactive ketones (excluding diaryl/α,β-unsaturated/α-hetero) is 1. The molecule has 0 aromatic heterocycles. The normalized spacial score (nSPS) is 20.1. The SMILES string of the molecule is Cc1cc(Cl)c(C(=O)C2CCOC2)cc1C. The number of carbonyl (C=O) groups is 1. The van der Waals surface area contributed by atoms with Crippen LogP contribution in [0.2, 0.25) is 5.02 Å². The monoisotopic (exact) mass is 238 g/mol. The molecule has 1 unspecified atom stereocenters. The molecule has 3 heteroatoms. The zero-order valence-corrected chi connectivity index (χ0v) is 10.3. The van der Waals surface area contributed by atoms with Crippen molar-refractivity contribution in [3.63, 3.8) is 0 Å². The third kappa shape index (κ3) is 2.13. The highest BCUT2D eigenvalue weighted by molar-refractivity contribution is 6.34. The molecule has 1 aromatic carbocycles. The Labute approximate surface area is 101 Å². The molecular weight excluding hydrogens is 224 g/mol. The number of ether oxygens (including phenoxy) is 1. The molecule has 86 valence electrons. The van der Waals surface area contributed by atoms with Crippen LogP contribution in [0.25, 0.3) is 0 Å². The zero-order chi connectivity index (χ0) is 11.7. The van der Waals surface area contributed by atoms with Crippen LogP contribution < -0.4 is 0 Å². The number of hydrogen-bond donors (Lipinski definition) is 0. The maximum Gasteiger partial charge on any atom is 0.169 e. The van der Waals surface area contributed by atoms with E-state index < -0.39 is 0 Å². The standard InChI is InChI=1S/C13H15ClO2/c1-8-5-11(12(14)6-9(8)2)13(15)10-3-4-16-7-10/h5-6,10H,3-4,7H2,1-2H3. The molecule has 1 fully saturated rings. The molecule has 1 aliphatic heterocycles. The smallest absolute Gasteiger partial charge is 0.169 e. The molecule has 1 heterocycles. The Morgan fingerprint density at radius 3 is 2.69 bits per heavy atom.